The molecule has 8 atom stereocenters. The zero-order chi connectivity index (χ0) is 27.6. The minimum Gasteiger partial charge on any atom is -0.478 e. The van der Waals surface area contributed by atoms with E-state index in [1.165, 1.54) is 18.1 Å². The summed E-state index contributed by atoms with van der Waals surface area (Å²) in [5.74, 6) is 0.0798. The average molecular weight is 513 g/mol. The van der Waals surface area contributed by atoms with Crippen LogP contribution in [0.1, 0.15) is 100 Å². The van der Waals surface area contributed by atoms with Crippen molar-refractivity contribution in [3.05, 3.63) is 34.9 Å². The lowest BCUT2D eigenvalue weighted by Gasteiger charge is -2.61. The minimum atomic E-state index is -0.852. The van der Waals surface area contributed by atoms with Gasteiger partial charge in [0.2, 0.25) is 0 Å². The Morgan fingerprint density at radius 1 is 1.14 bits per heavy atom. The van der Waals surface area contributed by atoms with Gasteiger partial charge in [0.15, 0.2) is 0 Å². The number of aliphatic hydroxyl groups is 1. The van der Waals surface area contributed by atoms with Crippen LogP contribution in [0.3, 0.4) is 0 Å². The summed E-state index contributed by atoms with van der Waals surface area (Å²) in [6, 6.07) is 0. The quantitative estimate of drug-likeness (QED) is 0.300. The third kappa shape index (κ3) is 4.15. The van der Waals surface area contributed by atoms with Crippen LogP contribution in [0, 0.1) is 39.4 Å². The molecule has 4 aliphatic rings. The Morgan fingerprint density at radius 2 is 1.81 bits per heavy atom. The van der Waals surface area contributed by atoms with Crippen LogP contribution in [0.5, 0.6) is 0 Å². The Hall–Kier alpha value is -1.88. The first kappa shape index (κ1) is 28.1. The lowest BCUT2D eigenvalue weighted by Crippen LogP contribution is -2.56. The van der Waals surface area contributed by atoms with Crippen molar-refractivity contribution in [3.63, 3.8) is 0 Å². The van der Waals surface area contributed by atoms with Crippen LogP contribution < -0.4 is 0 Å². The van der Waals surface area contributed by atoms with E-state index in [9.17, 15) is 19.8 Å². The van der Waals surface area contributed by atoms with Gasteiger partial charge in [-0.05, 0) is 91.6 Å². The molecule has 4 rings (SSSR count). The van der Waals surface area contributed by atoms with Gasteiger partial charge >= 0.3 is 11.9 Å². The number of hydrogen-bond donors (Lipinski definition) is 2. The van der Waals surface area contributed by atoms with Crippen LogP contribution in [-0.2, 0) is 14.3 Å². The number of hydrogen-bond acceptors (Lipinski definition) is 4. The first-order chi connectivity index (χ1) is 17.1. The second-order valence-electron chi connectivity index (χ2n) is 13.8. The Labute approximate surface area is 223 Å². The summed E-state index contributed by atoms with van der Waals surface area (Å²) >= 11 is 0. The summed E-state index contributed by atoms with van der Waals surface area (Å²) in [6.45, 7) is 17.1. The van der Waals surface area contributed by atoms with Crippen molar-refractivity contribution < 1.29 is 24.5 Å². The predicted molar refractivity (Wildman–Crippen MR) is 146 cm³/mol. The number of fused-ring (bicyclic) bond motifs is 5. The fourth-order valence-electron chi connectivity index (χ4n) is 9.19. The summed E-state index contributed by atoms with van der Waals surface area (Å²) in [5.41, 5.74) is 2.68. The third-order valence-corrected chi connectivity index (χ3v) is 11.7. The number of carbonyl (C=O) groups is 2. The summed E-state index contributed by atoms with van der Waals surface area (Å²) in [7, 11) is 0. The maximum Gasteiger partial charge on any atom is 0.330 e. The molecule has 2 N–H and O–H groups in total. The molecule has 2 fully saturated rings. The molecule has 0 amide bonds. The van der Waals surface area contributed by atoms with E-state index in [1.54, 1.807) is 6.92 Å². The van der Waals surface area contributed by atoms with E-state index in [0.29, 0.717) is 23.3 Å². The molecule has 0 spiro atoms. The molecule has 4 aliphatic carbocycles. The summed E-state index contributed by atoms with van der Waals surface area (Å²) < 4.78 is 5.80. The van der Waals surface area contributed by atoms with Crippen LogP contribution in [-0.4, -0.2) is 34.4 Å². The van der Waals surface area contributed by atoms with Gasteiger partial charge in [-0.3, -0.25) is 4.79 Å². The highest BCUT2D eigenvalue weighted by atomic mass is 16.5. The van der Waals surface area contributed by atoms with Crippen molar-refractivity contribution in [1.82, 2.24) is 0 Å². The summed E-state index contributed by atoms with van der Waals surface area (Å²) in [6.07, 6.45) is 12.5. The Morgan fingerprint density at radius 3 is 2.43 bits per heavy atom. The molecular formula is C32H48O5. The predicted octanol–water partition coefficient (Wildman–Crippen LogP) is 6.86. The van der Waals surface area contributed by atoms with Crippen molar-refractivity contribution in [2.45, 2.75) is 113 Å². The van der Waals surface area contributed by atoms with E-state index in [1.807, 2.05) is 6.08 Å². The van der Waals surface area contributed by atoms with E-state index in [4.69, 9.17) is 4.74 Å². The molecule has 0 bridgehead atoms. The van der Waals surface area contributed by atoms with E-state index < -0.39 is 12.1 Å². The highest BCUT2D eigenvalue weighted by molar-refractivity contribution is 5.85. The maximum atomic E-state index is 11.8. The van der Waals surface area contributed by atoms with Crippen molar-refractivity contribution in [2.24, 2.45) is 39.4 Å². The van der Waals surface area contributed by atoms with Gasteiger partial charge in [0, 0.05) is 23.3 Å². The minimum absolute atomic E-state index is 0.00283. The Balaban J connectivity index is 1.64. The Bertz CT molecular complexity index is 1050. The van der Waals surface area contributed by atoms with Crippen LogP contribution in [0.2, 0.25) is 0 Å². The number of carbonyl (C=O) groups excluding carboxylic acids is 1. The van der Waals surface area contributed by atoms with E-state index in [-0.39, 0.29) is 33.7 Å². The third-order valence-electron chi connectivity index (χ3n) is 11.7. The first-order valence-electron chi connectivity index (χ1n) is 14.3. The van der Waals surface area contributed by atoms with Crippen LogP contribution in [0.4, 0.5) is 0 Å². The molecule has 0 aromatic rings. The van der Waals surface area contributed by atoms with Gasteiger partial charge in [-0.25, -0.2) is 4.79 Å². The molecule has 0 aromatic heterocycles. The molecule has 206 valence electrons. The molecule has 0 saturated heterocycles. The molecule has 0 aromatic carbocycles. The van der Waals surface area contributed by atoms with Crippen LogP contribution in [0.15, 0.2) is 34.9 Å². The number of aliphatic carboxylic acids is 1. The molecule has 37 heavy (non-hydrogen) atoms. The molecule has 5 nitrogen and oxygen atoms in total. The number of ether oxygens (including phenoxy) is 1. The standard InChI is InChI=1S/C32H48O5/c1-19(10-9-11-20(2)28(35)36)24-18-26(34)32(8)23-12-13-25-29(4,5)27(37-21(3)33)15-16-30(25,6)22(23)14-17-31(24,32)7/h11-12,14,19,24-27,34H,9-10,13,15-18H2,1-8H3,(H,35,36)/b20-11+/t19-,24-,25+,26+,27+,30-,31-,32-/m1/s1. The number of rotatable bonds is 6. The normalized spacial score (nSPS) is 41.5. The number of carboxylic acid groups (broad SMARTS) is 1. The van der Waals surface area contributed by atoms with Gasteiger partial charge in [-0.1, -0.05) is 59.8 Å². The second-order valence-corrected chi connectivity index (χ2v) is 13.8. The van der Waals surface area contributed by atoms with Gasteiger partial charge in [-0.2, -0.15) is 0 Å². The van der Waals surface area contributed by atoms with Gasteiger partial charge in [0.1, 0.15) is 6.10 Å². The van der Waals surface area contributed by atoms with Crippen molar-refractivity contribution >= 4 is 11.9 Å². The monoisotopic (exact) mass is 512 g/mol. The van der Waals surface area contributed by atoms with Crippen molar-refractivity contribution in [2.75, 3.05) is 0 Å². The highest BCUT2D eigenvalue weighted by Crippen LogP contribution is 2.71. The van der Waals surface area contributed by atoms with Crippen LogP contribution in [0.25, 0.3) is 0 Å². The molecule has 0 heterocycles. The lowest BCUT2D eigenvalue weighted by molar-refractivity contribution is -0.165. The molecular weight excluding hydrogens is 464 g/mol. The Kier molecular flexibility index (Phi) is 7.14. The van der Waals surface area contributed by atoms with Gasteiger partial charge in [0.05, 0.1) is 6.10 Å². The smallest absolute Gasteiger partial charge is 0.330 e. The zero-order valence-corrected chi connectivity index (χ0v) is 24.2. The second kappa shape index (κ2) is 9.39. The number of allylic oxidation sites excluding steroid dienone is 4. The zero-order valence-electron chi connectivity index (χ0n) is 24.2. The number of carboxylic acids is 1. The van der Waals surface area contributed by atoms with E-state index in [0.717, 1.165) is 44.9 Å². The number of aliphatic hydroxyl groups excluding tert-OH is 1. The van der Waals surface area contributed by atoms with E-state index >= 15 is 0 Å². The lowest BCUT2D eigenvalue weighted by atomic mass is 9.44. The first-order valence-corrected chi connectivity index (χ1v) is 14.3. The van der Waals surface area contributed by atoms with Crippen LogP contribution >= 0.6 is 0 Å². The molecule has 0 unspecified atom stereocenters. The van der Waals surface area contributed by atoms with Gasteiger partial charge in [-0.15, -0.1) is 0 Å². The molecule has 0 aliphatic heterocycles. The van der Waals surface area contributed by atoms with E-state index in [2.05, 4.69) is 53.7 Å². The largest absolute Gasteiger partial charge is 0.478 e. The summed E-state index contributed by atoms with van der Waals surface area (Å²) in [5, 5.41) is 20.9. The van der Waals surface area contributed by atoms with Crippen molar-refractivity contribution in [1.29, 1.82) is 0 Å². The average Bonchev–Trinajstić information content (AvgIpc) is 3.02. The SMILES string of the molecule is CC(=O)O[C@H]1CC[C@]2(C)C3=CC[C@]4(C)[C@@H]([C@H](C)CC/C=C(\C)C(=O)O)C[C@H](O)[C@@]4(C)C3=CC[C@H]2C1(C)C. The topological polar surface area (TPSA) is 83.8 Å². The summed E-state index contributed by atoms with van der Waals surface area (Å²) in [4.78, 5) is 23.0. The number of esters is 1. The fraction of sp³-hybridized carbons (Fsp3) is 0.750. The molecule has 2 saturated carbocycles. The van der Waals surface area contributed by atoms with Gasteiger partial charge in [0.25, 0.3) is 0 Å². The fourth-order valence-corrected chi connectivity index (χ4v) is 9.19. The maximum absolute atomic E-state index is 11.8. The van der Waals surface area contributed by atoms with Gasteiger partial charge < -0.3 is 14.9 Å². The molecule has 5 heteroatoms. The van der Waals surface area contributed by atoms with Crippen molar-refractivity contribution in [3.8, 4) is 0 Å². The molecule has 0 radical (unpaired) electrons. The highest BCUT2D eigenvalue weighted by Gasteiger charge is 2.66.